The molecule has 3 aromatic rings. The lowest BCUT2D eigenvalue weighted by molar-refractivity contribution is 0.0965. The van der Waals surface area contributed by atoms with Crippen LogP contribution >= 0.6 is 0 Å². The largest absolute Gasteiger partial charge is 0.377 e. The minimum Gasteiger partial charge on any atom is -0.377 e. The van der Waals surface area contributed by atoms with E-state index < -0.39 is 0 Å². The number of pyridine rings is 1. The van der Waals surface area contributed by atoms with Crippen LogP contribution in [0, 0.1) is 0 Å². The Labute approximate surface area is 198 Å². The fourth-order valence-corrected chi connectivity index (χ4v) is 4.93. The van der Waals surface area contributed by atoms with E-state index in [9.17, 15) is 4.79 Å². The van der Waals surface area contributed by atoms with Crippen molar-refractivity contribution in [3.05, 3.63) is 41.5 Å². The number of nitrogens with one attached hydrogen (secondary N) is 1. The maximum Gasteiger partial charge on any atom is 0.251 e. The van der Waals surface area contributed by atoms with Crippen molar-refractivity contribution in [2.45, 2.75) is 32.5 Å². The zero-order valence-electron chi connectivity index (χ0n) is 19.5. The van der Waals surface area contributed by atoms with E-state index in [0.717, 1.165) is 41.1 Å². The Hall–Kier alpha value is -3.30. The van der Waals surface area contributed by atoms with E-state index in [1.54, 1.807) is 0 Å². The highest BCUT2D eigenvalue weighted by atomic mass is 16.5. The molecule has 1 N–H and O–H groups in total. The fourth-order valence-electron chi connectivity index (χ4n) is 4.93. The fraction of sp³-hybridized carbons (Fsp3) is 0.440. The van der Waals surface area contributed by atoms with E-state index >= 15 is 0 Å². The molecule has 1 amide bonds. The van der Waals surface area contributed by atoms with Crippen molar-refractivity contribution < 1.29 is 14.3 Å². The van der Waals surface area contributed by atoms with Crippen LogP contribution < -0.4 is 15.1 Å². The van der Waals surface area contributed by atoms with E-state index in [4.69, 9.17) is 24.4 Å². The van der Waals surface area contributed by atoms with Gasteiger partial charge >= 0.3 is 0 Å². The number of carbonyl (C=O) groups is 1. The second kappa shape index (κ2) is 8.48. The maximum absolute atomic E-state index is 12.2. The zero-order chi connectivity index (χ0) is 23.2. The molecule has 3 aliphatic heterocycles. The summed E-state index contributed by atoms with van der Waals surface area (Å²) >= 11 is 0. The van der Waals surface area contributed by atoms with Gasteiger partial charge in [-0.05, 0) is 37.6 Å². The number of hydrogen-bond donors (Lipinski definition) is 1. The minimum absolute atomic E-state index is 0.0350. The Morgan fingerprint density at radius 2 is 1.71 bits per heavy atom. The van der Waals surface area contributed by atoms with Crippen LogP contribution in [0.4, 0.5) is 11.8 Å². The van der Waals surface area contributed by atoms with Gasteiger partial charge in [0, 0.05) is 30.8 Å². The van der Waals surface area contributed by atoms with Gasteiger partial charge in [0.2, 0.25) is 5.95 Å². The predicted molar refractivity (Wildman–Crippen MR) is 129 cm³/mol. The van der Waals surface area contributed by atoms with Gasteiger partial charge in [-0.1, -0.05) is 12.1 Å². The molecule has 0 spiro atoms. The zero-order valence-corrected chi connectivity index (χ0v) is 19.5. The number of nitrogens with zero attached hydrogens (tertiary/aromatic N) is 5. The molecule has 0 bridgehead atoms. The summed E-state index contributed by atoms with van der Waals surface area (Å²) in [7, 11) is 0. The molecule has 5 heterocycles. The van der Waals surface area contributed by atoms with Crippen molar-refractivity contribution in [1.29, 1.82) is 0 Å². The number of aromatic nitrogens is 3. The first-order chi connectivity index (χ1) is 16.6. The molecule has 9 nitrogen and oxygen atoms in total. The van der Waals surface area contributed by atoms with Crippen LogP contribution in [-0.2, 0) is 16.0 Å². The summed E-state index contributed by atoms with van der Waals surface area (Å²) in [6.45, 7) is 9.01. The maximum atomic E-state index is 12.2. The van der Waals surface area contributed by atoms with E-state index in [-0.39, 0.29) is 18.0 Å². The molecule has 2 unspecified atom stereocenters. The van der Waals surface area contributed by atoms with Crippen LogP contribution in [0.25, 0.3) is 22.3 Å². The molecule has 2 aromatic heterocycles. The molecule has 2 fully saturated rings. The third-order valence-corrected chi connectivity index (χ3v) is 6.88. The molecule has 176 valence electrons. The van der Waals surface area contributed by atoms with Gasteiger partial charge in [-0.3, -0.25) is 4.79 Å². The molecular formula is C25H28N6O3. The monoisotopic (exact) mass is 460 g/mol. The highest BCUT2D eigenvalue weighted by Crippen LogP contribution is 2.32. The van der Waals surface area contributed by atoms with E-state index in [1.807, 2.05) is 24.3 Å². The van der Waals surface area contributed by atoms with Gasteiger partial charge in [0.25, 0.3) is 5.91 Å². The number of ether oxygens (including phenoxy) is 2. The molecule has 3 aliphatic rings. The first kappa shape index (κ1) is 21.2. The Morgan fingerprint density at radius 3 is 2.47 bits per heavy atom. The van der Waals surface area contributed by atoms with Crippen LogP contribution in [0.2, 0.25) is 0 Å². The van der Waals surface area contributed by atoms with Gasteiger partial charge in [0.15, 0.2) is 5.65 Å². The van der Waals surface area contributed by atoms with Crippen molar-refractivity contribution in [1.82, 2.24) is 20.3 Å². The van der Waals surface area contributed by atoms with Crippen LogP contribution in [0.1, 0.15) is 29.8 Å². The normalized spacial score (nSPS) is 22.7. The lowest BCUT2D eigenvalue weighted by Crippen LogP contribution is -2.46. The minimum atomic E-state index is -0.0350. The predicted octanol–water partition coefficient (Wildman–Crippen LogP) is 2.39. The van der Waals surface area contributed by atoms with E-state index in [0.29, 0.717) is 50.1 Å². The van der Waals surface area contributed by atoms with Gasteiger partial charge in [-0.2, -0.15) is 9.97 Å². The Kier molecular flexibility index (Phi) is 5.30. The second-order valence-electron chi connectivity index (χ2n) is 9.20. The Morgan fingerprint density at radius 1 is 0.941 bits per heavy atom. The molecule has 9 heteroatoms. The van der Waals surface area contributed by atoms with Crippen LogP contribution in [0.3, 0.4) is 0 Å². The topological polar surface area (TPSA) is 92.7 Å². The summed E-state index contributed by atoms with van der Waals surface area (Å²) in [5.41, 5.74) is 4.08. The SMILES string of the molecule is CC1COCCN1c1nc(N2CCOCC2C)c2ccc(-c3ccc4c(c3)C(=O)NC4)nc2n1. The summed E-state index contributed by atoms with van der Waals surface area (Å²) < 4.78 is 11.3. The van der Waals surface area contributed by atoms with Crippen LogP contribution in [0.15, 0.2) is 30.3 Å². The number of benzene rings is 1. The summed E-state index contributed by atoms with van der Waals surface area (Å²) in [4.78, 5) is 31.6. The molecule has 2 atom stereocenters. The highest BCUT2D eigenvalue weighted by Gasteiger charge is 2.28. The number of rotatable bonds is 3. The van der Waals surface area contributed by atoms with Crippen molar-refractivity contribution >= 4 is 28.7 Å². The first-order valence-corrected chi connectivity index (χ1v) is 11.9. The number of fused-ring (bicyclic) bond motifs is 2. The summed E-state index contributed by atoms with van der Waals surface area (Å²) in [5.74, 6) is 1.53. The molecule has 0 radical (unpaired) electrons. The first-order valence-electron chi connectivity index (χ1n) is 11.9. The lowest BCUT2D eigenvalue weighted by Gasteiger charge is -2.37. The van der Waals surface area contributed by atoms with Crippen molar-refractivity contribution in [3.63, 3.8) is 0 Å². The van der Waals surface area contributed by atoms with Crippen LogP contribution in [-0.4, -0.2) is 72.5 Å². The molecule has 0 saturated carbocycles. The third kappa shape index (κ3) is 3.65. The van der Waals surface area contributed by atoms with Crippen molar-refractivity contribution in [2.75, 3.05) is 49.3 Å². The van der Waals surface area contributed by atoms with Gasteiger partial charge in [0.1, 0.15) is 5.82 Å². The molecular weight excluding hydrogens is 432 g/mol. The molecule has 34 heavy (non-hydrogen) atoms. The quantitative estimate of drug-likeness (QED) is 0.637. The van der Waals surface area contributed by atoms with Gasteiger partial charge in [-0.25, -0.2) is 4.98 Å². The molecule has 0 aliphatic carbocycles. The number of amides is 1. The van der Waals surface area contributed by atoms with Gasteiger partial charge < -0.3 is 24.6 Å². The molecule has 6 rings (SSSR count). The average Bonchev–Trinajstić information content (AvgIpc) is 3.23. The number of morpholine rings is 2. The van der Waals surface area contributed by atoms with E-state index in [2.05, 4.69) is 35.0 Å². The van der Waals surface area contributed by atoms with Crippen LogP contribution in [0.5, 0.6) is 0 Å². The summed E-state index contributed by atoms with van der Waals surface area (Å²) in [6.07, 6.45) is 0. The highest BCUT2D eigenvalue weighted by molar-refractivity contribution is 5.99. The third-order valence-electron chi connectivity index (χ3n) is 6.88. The molecule has 1 aromatic carbocycles. The molecule has 2 saturated heterocycles. The number of hydrogen-bond acceptors (Lipinski definition) is 8. The summed E-state index contributed by atoms with van der Waals surface area (Å²) in [5, 5.41) is 3.80. The smallest absolute Gasteiger partial charge is 0.251 e. The Bertz CT molecular complexity index is 1260. The van der Waals surface area contributed by atoms with E-state index in [1.165, 1.54) is 0 Å². The Balaban J connectivity index is 1.48. The second-order valence-corrected chi connectivity index (χ2v) is 9.20. The van der Waals surface area contributed by atoms with Crippen molar-refractivity contribution in [3.8, 4) is 11.3 Å². The lowest BCUT2D eigenvalue weighted by atomic mass is 10.0. The number of anilines is 2. The van der Waals surface area contributed by atoms with Gasteiger partial charge in [-0.15, -0.1) is 0 Å². The van der Waals surface area contributed by atoms with Gasteiger partial charge in [0.05, 0.1) is 49.6 Å². The standard InChI is InChI=1S/C25H28N6O3/c1-15-13-33-9-7-30(15)23-19-5-6-21(17-3-4-18-12-26-24(32)20(18)11-17)27-22(19)28-25(29-23)31-8-10-34-14-16(31)2/h3-6,11,15-16H,7-10,12-14H2,1-2H3,(H,26,32). The summed E-state index contributed by atoms with van der Waals surface area (Å²) in [6, 6.07) is 10.4. The van der Waals surface area contributed by atoms with Crippen molar-refractivity contribution in [2.24, 2.45) is 0 Å². The average molecular weight is 461 g/mol. The number of carbonyl (C=O) groups excluding carboxylic acids is 1.